The van der Waals surface area contributed by atoms with Crippen LogP contribution >= 0.6 is 0 Å². The van der Waals surface area contributed by atoms with Crippen LogP contribution in [0, 0.1) is 0 Å². The quantitative estimate of drug-likeness (QED) is 0.347. The second kappa shape index (κ2) is 10.2. The van der Waals surface area contributed by atoms with E-state index in [9.17, 15) is 4.79 Å². The van der Waals surface area contributed by atoms with Gasteiger partial charge in [-0.3, -0.25) is 4.79 Å². The van der Waals surface area contributed by atoms with Gasteiger partial charge in [0.05, 0.1) is 0 Å². The Balaban J connectivity index is 0.00000126. The molecular weight excluding hydrogens is 406 g/mol. The number of benzene rings is 3. The van der Waals surface area contributed by atoms with Crippen molar-refractivity contribution in [3.63, 3.8) is 0 Å². The van der Waals surface area contributed by atoms with Crippen molar-refractivity contribution in [1.82, 2.24) is 14.8 Å². The topological polar surface area (TPSA) is 47.8 Å². The average molecular weight is 436 g/mol. The van der Waals surface area contributed by atoms with Crippen LogP contribution in [0.15, 0.2) is 103 Å². The van der Waals surface area contributed by atoms with Gasteiger partial charge < -0.3 is 0 Å². The van der Waals surface area contributed by atoms with Gasteiger partial charge in [0.25, 0.3) is 0 Å². The molecule has 166 valence electrons. The lowest BCUT2D eigenvalue weighted by molar-refractivity contribution is -0.114. The molecule has 5 rings (SSSR count). The molecule has 0 N–H and O–H groups in total. The molecule has 0 unspecified atom stereocenters. The summed E-state index contributed by atoms with van der Waals surface area (Å²) in [5.74, 6) is 0.776. The minimum atomic E-state index is -0.686. The third kappa shape index (κ3) is 4.29. The first-order valence-corrected chi connectivity index (χ1v) is 11.6. The molecule has 1 aromatic heterocycles. The highest BCUT2D eigenvalue weighted by molar-refractivity contribution is 5.97. The van der Waals surface area contributed by atoms with Crippen molar-refractivity contribution in [3.8, 4) is 0 Å². The zero-order chi connectivity index (χ0) is 23.1. The highest BCUT2D eigenvalue weighted by Gasteiger charge is 2.39. The highest BCUT2D eigenvalue weighted by Crippen LogP contribution is 2.40. The summed E-state index contributed by atoms with van der Waals surface area (Å²) in [5.41, 5.74) is 3.51. The third-order valence-corrected chi connectivity index (χ3v) is 5.90. The van der Waals surface area contributed by atoms with Gasteiger partial charge in [-0.25, -0.2) is 9.67 Å². The van der Waals surface area contributed by atoms with E-state index in [0.29, 0.717) is 12.2 Å². The molecule has 0 radical (unpaired) electrons. The molecule has 0 aliphatic heterocycles. The molecule has 0 bridgehead atoms. The largest absolute Gasteiger partial charge is 0.295 e. The summed E-state index contributed by atoms with van der Waals surface area (Å²) >= 11 is 0. The fraction of sp³-hybridized carbons (Fsp3) is 0.207. The fourth-order valence-corrected chi connectivity index (χ4v) is 4.47. The number of carbonyl (C=O) groups is 1. The Labute approximate surface area is 195 Å². The first kappa shape index (κ1) is 22.4. The number of ketones is 1. The summed E-state index contributed by atoms with van der Waals surface area (Å²) in [4.78, 5) is 16.6. The lowest BCUT2D eigenvalue weighted by Gasteiger charge is -2.35. The van der Waals surface area contributed by atoms with E-state index in [1.807, 2.05) is 36.7 Å². The minimum Gasteiger partial charge on any atom is -0.295 e. The molecule has 4 aromatic rings. The summed E-state index contributed by atoms with van der Waals surface area (Å²) in [6, 6.07) is 31.2. The van der Waals surface area contributed by atoms with Gasteiger partial charge >= 0.3 is 0 Å². The lowest BCUT2D eigenvalue weighted by atomic mass is 9.77. The predicted molar refractivity (Wildman–Crippen MR) is 133 cm³/mol. The van der Waals surface area contributed by atoms with Crippen molar-refractivity contribution in [2.45, 2.75) is 38.6 Å². The Hall–Kier alpha value is -3.79. The molecule has 0 saturated carbocycles. The molecule has 1 aliphatic rings. The SMILES string of the molecule is CC.O=C1C=C(c2ncn(C(c3ccccc3)(c3ccccc3)c3ccccc3)n2)CCC1. The van der Waals surface area contributed by atoms with E-state index in [0.717, 1.165) is 35.1 Å². The molecule has 0 saturated heterocycles. The molecule has 4 nitrogen and oxygen atoms in total. The monoisotopic (exact) mass is 435 g/mol. The highest BCUT2D eigenvalue weighted by atomic mass is 16.1. The Morgan fingerprint density at radius 3 is 1.67 bits per heavy atom. The summed E-state index contributed by atoms with van der Waals surface area (Å²) < 4.78 is 1.95. The zero-order valence-electron chi connectivity index (χ0n) is 19.2. The second-order valence-electron chi connectivity index (χ2n) is 7.81. The number of carbonyl (C=O) groups excluding carboxylic acids is 1. The molecule has 33 heavy (non-hydrogen) atoms. The number of rotatable bonds is 5. The van der Waals surface area contributed by atoms with Gasteiger partial charge in [0.15, 0.2) is 11.6 Å². The van der Waals surface area contributed by atoms with Gasteiger partial charge in [0.2, 0.25) is 0 Å². The maximum atomic E-state index is 12.0. The Bertz CT molecular complexity index is 1110. The number of allylic oxidation sites excluding steroid dienone is 2. The summed E-state index contributed by atoms with van der Waals surface area (Å²) in [7, 11) is 0. The molecule has 0 amide bonds. The number of hydrogen-bond donors (Lipinski definition) is 0. The van der Waals surface area contributed by atoms with Gasteiger partial charge in [-0.05, 0) is 35.6 Å². The Morgan fingerprint density at radius 1 is 0.727 bits per heavy atom. The van der Waals surface area contributed by atoms with E-state index >= 15 is 0 Å². The van der Waals surface area contributed by atoms with Crippen LogP contribution in [0.4, 0.5) is 0 Å². The van der Waals surface area contributed by atoms with Crippen molar-refractivity contribution in [3.05, 3.63) is 126 Å². The van der Waals surface area contributed by atoms with Crippen LogP contribution in [0.1, 0.15) is 55.6 Å². The Kier molecular flexibility index (Phi) is 6.94. The normalized spacial score (nSPS) is 13.6. The fourth-order valence-electron chi connectivity index (χ4n) is 4.47. The van der Waals surface area contributed by atoms with Gasteiger partial charge in [0, 0.05) is 12.0 Å². The van der Waals surface area contributed by atoms with Crippen molar-refractivity contribution < 1.29 is 4.79 Å². The number of aromatic nitrogens is 3. The Morgan fingerprint density at radius 2 is 1.21 bits per heavy atom. The van der Waals surface area contributed by atoms with Crippen molar-refractivity contribution in [2.75, 3.05) is 0 Å². The van der Waals surface area contributed by atoms with Crippen LogP contribution in [0.5, 0.6) is 0 Å². The van der Waals surface area contributed by atoms with E-state index in [-0.39, 0.29) is 5.78 Å². The molecule has 0 atom stereocenters. The van der Waals surface area contributed by atoms with Crippen LogP contribution in [0.3, 0.4) is 0 Å². The lowest BCUT2D eigenvalue weighted by Crippen LogP contribution is -2.38. The summed E-state index contributed by atoms with van der Waals surface area (Å²) in [6.07, 6.45) is 5.78. The standard InChI is InChI=1S/C27H23N3O.C2H6/c31-25-18-10-11-21(19-25)26-28-20-30(29-26)27(22-12-4-1-5-13-22,23-14-6-2-7-15-23)24-16-8-3-9-17-24;1-2/h1-9,12-17,19-20H,10-11,18H2;1-2H3. The van der Waals surface area contributed by atoms with Crippen LogP contribution in [-0.4, -0.2) is 20.5 Å². The van der Waals surface area contributed by atoms with Crippen molar-refractivity contribution >= 4 is 11.4 Å². The molecule has 1 heterocycles. The second-order valence-corrected chi connectivity index (χ2v) is 7.81. The molecule has 4 heteroatoms. The van der Waals surface area contributed by atoms with E-state index in [1.165, 1.54) is 0 Å². The van der Waals surface area contributed by atoms with Crippen LogP contribution in [0.2, 0.25) is 0 Å². The number of nitrogens with zero attached hydrogens (tertiary/aromatic N) is 3. The zero-order valence-corrected chi connectivity index (χ0v) is 19.2. The molecule has 0 spiro atoms. The van der Waals surface area contributed by atoms with Gasteiger partial charge in [-0.2, -0.15) is 0 Å². The van der Waals surface area contributed by atoms with Crippen LogP contribution in [0.25, 0.3) is 5.57 Å². The molecule has 1 aliphatic carbocycles. The average Bonchev–Trinajstić information content (AvgIpc) is 3.38. The van der Waals surface area contributed by atoms with E-state index in [4.69, 9.17) is 5.10 Å². The summed E-state index contributed by atoms with van der Waals surface area (Å²) in [5, 5.41) is 4.96. The van der Waals surface area contributed by atoms with Crippen molar-refractivity contribution in [1.29, 1.82) is 0 Å². The van der Waals surface area contributed by atoms with E-state index in [2.05, 4.69) is 77.8 Å². The van der Waals surface area contributed by atoms with Gasteiger partial charge in [-0.15, -0.1) is 5.10 Å². The van der Waals surface area contributed by atoms with E-state index in [1.54, 1.807) is 12.4 Å². The predicted octanol–water partition coefficient (Wildman–Crippen LogP) is 6.28. The maximum absolute atomic E-state index is 12.0. The molecule has 0 fully saturated rings. The smallest absolute Gasteiger partial charge is 0.177 e. The maximum Gasteiger partial charge on any atom is 0.177 e. The first-order valence-electron chi connectivity index (χ1n) is 11.6. The molecule has 3 aromatic carbocycles. The van der Waals surface area contributed by atoms with E-state index < -0.39 is 5.54 Å². The van der Waals surface area contributed by atoms with Gasteiger partial charge in [-0.1, -0.05) is 105 Å². The van der Waals surface area contributed by atoms with Crippen molar-refractivity contribution in [2.24, 2.45) is 0 Å². The number of hydrogen-bond acceptors (Lipinski definition) is 3. The van der Waals surface area contributed by atoms with Crippen LogP contribution in [-0.2, 0) is 10.3 Å². The third-order valence-electron chi connectivity index (χ3n) is 5.90. The first-order chi connectivity index (χ1) is 16.3. The molecular formula is C29H29N3O. The minimum absolute atomic E-state index is 0.151. The van der Waals surface area contributed by atoms with Crippen LogP contribution < -0.4 is 0 Å². The van der Waals surface area contributed by atoms with Gasteiger partial charge in [0.1, 0.15) is 11.9 Å². The summed E-state index contributed by atoms with van der Waals surface area (Å²) in [6.45, 7) is 4.00.